The second-order valence-corrected chi connectivity index (χ2v) is 6.58. The van der Waals surface area contributed by atoms with Crippen molar-refractivity contribution in [2.75, 3.05) is 18.0 Å². The normalized spacial score (nSPS) is 24.9. The third-order valence-corrected chi connectivity index (χ3v) is 4.37. The summed E-state index contributed by atoms with van der Waals surface area (Å²) in [7, 11) is 0. The third kappa shape index (κ3) is 3.55. The Morgan fingerprint density at radius 1 is 1.29 bits per heavy atom. The zero-order chi connectivity index (χ0) is 14.8. The van der Waals surface area contributed by atoms with Crippen molar-refractivity contribution in [3.8, 4) is 0 Å². The second-order valence-electron chi connectivity index (χ2n) is 6.58. The van der Waals surface area contributed by atoms with Crippen LogP contribution in [-0.2, 0) is 17.7 Å². The standard InChI is InChI=1S/C17H27N3O/c1-4-14-7-13(9-18-12(2)3)8-17(19-14)20-10-15-5-6-16(11-20)21-15/h7-8,12,15-16,18H,4-6,9-11H2,1-3H3. The van der Waals surface area contributed by atoms with Crippen molar-refractivity contribution in [1.82, 2.24) is 10.3 Å². The first kappa shape index (κ1) is 14.8. The van der Waals surface area contributed by atoms with Crippen LogP contribution in [-0.4, -0.2) is 36.3 Å². The molecule has 1 N–H and O–H groups in total. The molecule has 4 nitrogen and oxygen atoms in total. The summed E-state index contributed by atoms with van der Waals surface area (Å²) >= 11 is 0. The number of pyridine rings is 1. The first-order valence-corrected chi connectivity index (χ1v) is 8.27. The van der Waals surface area contributed by atoms with E-state index in [1.54, 1.807) is 0 Å². The average molecular weight is 289 g/mol. The topological polar surface area (TPSA) is 37.4 Å². The Hall–Kier alpha value is -1.13. The molecule has 2 atom stereocenters. The van der Waals surface area contributed by atoms with Gasteiger partial charge in [-0.1, -0.05) is 20.8 Å². The van der Waals surface area contributed by atoms with Crippen molar-refractivity contribution in [3.63, 3.8) is 0 Å². The quantitative estimate of drug-likeness (QED) is 0.904. The molecular weight excluding hydrogens is 262 g/mol. The van der Waals surface area contributed by atoms with Gasteiger partial charge in [0.05, 0.1) is 12.2 Å². The summed E-state index contributed by atoms with van der Waals surface area (Å²) in [4.78, 5) is 7.26. The maximum Gasteiger partial charge on any atom is 0.129 e. The van der Waals surface area contributed by atoms with E-state index in [0.29, 0.717) is 18.2 Å². The number of rotatable bonds is 5. The molecule has 0 spiro atoms. The predicted octanol–water partition coefficient (Wildman–Crippen LogP) is 2.51. The van der Waals surface area contributed by atoms with Crippen LogP contribution in [0.15, 0.2) is 12.1 Å². The van der Waals surface area contributed by atoms with Crippen LogP contribution in [0.25, 0.3) is 0 Å². The zero-order valence-corrected chi connectivity index (χ0v) is 13.4. The minimum absolute atomic E-state index is 0.410. The van der Waals surface area contributed by atoms with E-state index >= 15 is 0 Å². The molecule has 3 rings (SSSR count). The van der Waals surface area contributed by atoms with E-state index in [1.165, 1.54) is 24.1 Å². The lowest BCUT2D eigenvalue weighted by atomic mass is 10.1. The second kappa shape index (κ2) is 6.32. The largest absolute Gasteiger partial charge is 0.371 e. The van der Waals surface area contributed by atoms with Gasteiger partial charge in [-0.3, -0.25) is 0 Å². The van der Waals surface area contributed by atoms with Gasteiger partial charge in [0.25, 0.3) is 0 Å². The average Bonchev–Trinajstić information content (AvgIpc) is 2.83. The number of hydrogen-bond acceptors (Lipinski definition) is 4. The fraction of sp³-hybridized carbons (Fsp3) is 0.706. The van der Waals surface area contributed by atoms with Gasteiger partial charge in [0.2, 0.25) is 0 Å². The third-order valence-electron chi connectivity index (χ3n) is 4.37. The minimum Gasteiger partial charge on any atom is -0.371 e. The number of hydrogen-bond donors (Lipinski definition) is 1. The molecule has 21 heavy (non-hydrogen) atoms. The van der Waals surface area contributed by atoms with Crippen molar-refractivity contribution in [2.24, 2.45) is 0 Å². The summed E-state index contributed by atoms with van der Waals surface area (Å²) in [5, 5.41) is 3.50. The van der Waals surface area contributed by atoms with E-state index in [1.807, 2.05) is 0 Å². The van der Waals surface area contributed by atoms with Crippen LogP contribution in [0.1, 0.15) is 44.9 Å². The van der Waals surface area contributed by atoms with Gasteiger partial charge >= 0.3 is 0 Å². The molecule has 0 radical (unpaired) electrons. The van der Waals surface area contributed by atoms with Gasteiger partial charge in [0.1, 0.15) is 5.82 Å². The highest BCUT2D eigenvalue weighted by atomic mass is 16.5. The maximum atomic E-state index is 5.93. The molecular formula is C17H27N3O. The Balaban J connectivity index is 1.78. The van der Waals surface area contributed by atoms with Gasteiger partial charge in [-0.05, 0) is 37.0 Å². The van der Waals surface area contributed by atoms with E-state index < -0.39 is 0 Å². The number of nitrogens with one attached hydrogen (secondary N) is 1. The summed E-state index contributed by atoms with van der Waals surface area (Å²) in [6.07, 6.45) is 4.22. The monoisotopic (exact) mass is 289 g/mol. The van der Waals surface area contributed by atoms with Crippen LogP contribution < -0.4 is 10.2 Å². The minimum atomic E-state index is 0.410. The molecule has 3 heterocycles. The molecule has 4 heteroatoms. The van der Waals surface area contributed by atoms with Crippen LogP contribution in [0, 0.1) is 0 Å². The lowest BCUT2D eigenvalue weighted by Gasteiger charge is -2.33. The molecule has 0 aliphatic carbocycles. The molecule has 0 aromatic carbocycles. The number of aryl methyl sites for hydroxylation is 1. The molecule has 2 aliphatic rings. The molecule has 2 unspecified atom stereocenters. The highest BCUT2D eigenvalue weighted by Gasteiger charge is 2.34. The van der Waals surface area contributed by atoms with E-state index in [0.717, 1.165) is 31.9 Å². The summed E-state index contributed by atoms with van der Waals surface area (Å²) in [6, 6.07) is 4.98. The van der Waals surface area contributed by atoms with Gasteiger partial charge in [-0.2, -0.15) is 0 Å². The van der Waals surface area contributed by atoms with Crippen molar-refractivity contribution < 1.29 is 4.74 Å². The maximum absolute atomic E-state index is 5.93. The van der Waals surface area contributed by atoms with Gasteiger partial charge < -0.3 is 15.0 Å². The van der Waals surface area contributed by atoms with Crippen LogP contribution in [0.2, 0.25) is 0 Å². The fourth-order valence-corrected chi connectivity index (χ4v) is 3.20. The van der Waals surface area contributed by atoms with Crippen LogP contribution in [0.3, 0.4) is 0 Å². The van der Waals surface area contributed by atoms with Crippen molar-refractivity contribution in [1.29, 1.82) is 0 Å². The van der Waals surface area contributed by atoms with E-state index in [-0.39, 0.29) is 0 Å². The number of aromatic nitrogens is 1. The van der Waals surface area contributed by atoms with Crippen LogP contribution >= 0.6 is 0 Å². The number of ether oxygens (including phenoxy) is 1. The zero-order valence-electron chi connectivity index (χ0n) is 13.4. The van der Waals surface area contributed by atoms with Gasteiger partial charge in [-0.25, -0.2) is 4.98 Å². The van der Waals surface area contributed by atoms with Gasteiger partial charge in [0, 0.05) is 31.4 Å². The highest BCUT2D eigenvalue weighted by molar-refractivity contribution is 5.44. The fourth-order valence-electron chi connectivity index (χ4n) is 3.20. The lowest BCUT2D eigenvalue weighted by molar-refractivity contribution is 0.0302. The van der Waals surface area contributed by atoms with Crippen molar-refractivity contribution >= 4 is 5.82 Å². The summed E-state index contributed by atoms with van der Waals surface area (Å²) < 4.78 is 5.93. The van der Waals surface area contributed by atoms with Crippen molar-refractivity contribution in [3.05, 3.63) is 23.4 Å². The molecule has 116 valence electrons. The SMILES string of the molecule is CCc1cc(CNC(C)C)cc(N2CC3CCC(C2)O3)n1. The van der Waals surface area contributed by atoms with E-state index in [2.05, 4.69) is 43.1 Å². The number of anilines is 1. The van der Waals surface area contributed by atoms with Gasteiger partial charge in [0.15, 0.2) is 0 Å². The lowest BCUT2D eigenvalue weighted by Crippen LogP contribution is -2.43. The van der Waals surface area contributed by atoms with Gasteiger partial charge in [-0.15, -0.1) is 0 Å². The summed E-state index contributed by atoms with van der Waals surface area (Å²) in [5.41, 5.74) is 2.52. The summed E-state index contributed by atoms with van der Waals surface area (Å²) in [5.74, 6) is 1.13. The molecule has 2 saturated heterocycles. The summed E-state index contributed by atoms with van der Waals surface area (Å²) in [6.45, 7) is 9.44. The highest BCUT2D eigenvalue weighted by Crippen LogP contribution is 2.29. The molecule has 1 aromatic rings. The molecule has 2 fully saturated rings. The molecule has 0 saturated carbocycles. The smallest absolute Gasteiger partial charge is 0.129 e. The predicted molar refractivity (Wildman–Crippen MR) is 85.7 cm³/mol. The Kier molecular flexibility index (Phi) is 4.45. The number of morpholine rings is 1. The first-order chi connectivity index (χ1) is 10.1. The first-order valence-electron chi connectivity index (χ1n) is 8.27. The molecule has 1 aromatic heterocycles. The Morgan fingerprint density at radius 3 is 2.62 bits per heavy atom. The van der Waals surface area contributed by atoms with E-state index in [4.69, 9.17) is 9.72 Å². The Bertz CT molecular complexity index is 477. The molecule has 2 aliphatic heterocycles. The Labute approximate surface area is 127 Å². The van der Waals surface area contributed by atoms with Crippen molar-refractivity contribution in [2.45, 2.75) is 64.8 Å². The molecule has 2 bridgehead atoms. The van der Waals surface area contributed by atoms with Crippen LogP contribution in [0.4, 0.5) is 5.82 Å². The van der Waals surface area contributed by atoms with E-state index in [9.17, 15) is 0 Å². The Morgan fingerprint density at radius 2 is 2.00 bits per heavy atom. The number of nitrogens with zero attached hydrogens (tertiary/aromatic N) is 2. The molecule has 0 amide bonds. The van der Waals surface area contributed by atoms with Crippen LogP contribution in [0.5, 0.6) is 0 Å². The number of fused-ring (bicyclic) bond motifs is 2.